The standard InChI is InChI=1S/C15H22N4O3S.C7H4Cl2O/c1-17-5-3-4-10(17)13-16-14(21)12(20)11-15(22)18(8-9-23-2)6-7-19(11)13;8-6-2-1-3-7(9)5(6)4-10/h10,20H,3-9H2,1-2H3;1-4H. The maximum absolute atomic E-state index is 12.7. The molecule has 4 rings (SSSR count). The molecule has 1 fully saturated rings. The Kier molecular flexibility index (Phi) is 8.81. The number of amides is 1. The minimum Gasteiger partial charge on any atom is -0.501 e. The Hall–Kier alpha value is -2.07. The SMILES string of the molecule is CSCCN1CCn2c(C3CCCN3C)nc(=O)c(O)c2C1=O.O=Cc1c(Cl)cccc1Cl. The first-order valence-corrected chi connectivity index (χ1v) is 12.7. The Morgan fingerprint density at radius 1 is 1.21 bits per heavy atom. The van der Waals surface area contributed by atoms with Crippen LogP contribution in [0.2, 0.25) is 10.0 Å². The zero-order chi connectivity index (χ0) is 24.1. The summed E-state index contributed by atoms with van der Waals surface area (Å²) in [6, 6.07) is 4.97. The quantitative estimate of drug-likeness (QED) is 0.613. The smallest absolute Gasteiger partial charge is 0.315 e. The van der Waals surface area contributed by atoms with Gasteiger partial charge in [0.15, 0.2) is 12.0 Å². The number of halogens is 2. The summed E-state index contributed by atoms with van der Waals surface area (Å²) in [4.78, 5) is 43.0. The summed E-state index contributed by atoms with van der Waals surface area (Å²) in [5.41, 5.74) is -0.245. The highest BCUT2D eigenvalue weighted by molar-refractivity contribution is 7.98. The van der Waals surface area contributed by atoms with Crippen molar-refractivity contribution in [3.8, 4) is 5.75 Å². The van der Waals surface area contributed by atoms with E-state index in [2.05, 4.69) is 9.88 Å². The van der Waals surface area contributed by atoms with Gasteiger partial charge in [-0.3, -0.25) is 19.3 Å². The molecular weight excluding hydrogens is 487 g/mol. The van der Waals surface area contributed by atoms with Crippen LogP contribution in [0.25, 0.3) is 0 Å². The third-order valence-electron chi connectivity index (χ3n) is 5.77. The molecule has 3 heterocycles. The molecule has 33 heavy (non-hydrogen) atoms. The summed E-state index contributed by atoms with van der Waals surface area (Å²) in [5.74, 6) is 0.651. The van der Waals surface area contributed by atoms with E-state index in [-0.39, 0.29) is 17.6 Å². The minimum atomic E-state index is -0.702. The van der Waals surface area contributed by atoms with E-state index >= 15 is 0 Å². The van der Waals surface area contributed by atoms with Gasteiger partial charge in [-0.1, -0.05) is 29.3 Å². The van der Waals surface area contributed by atoms with Crippen LogP contribution in [0.15, 0.2) is 23.0 Å². The van der Waals surface area contributed by atoms with Gasteiger partial charge in [-0.05, 0) is 44.8 Å². The summed E-state index contributed by atoms with van der Waals surface area (Å²) in [7, 11) is 2.00. The molecule has 1 N–H and O–H groups in total. The fourth-order valence-electron chi connectivity index (χ4n) is 4.01. The van der Waals surface area contributed by atoms with E-state index in [0.29, 0.717) is 47.4 Å². The molecule has 8 nitrogen and oxygen atoms in total. The molecule has 178 valence electrons. The zero-order valence-electron chi connectivity index (χ0n) is 18.5. The van der Waals surface area contributed by atoms with Crippen LogP contribution in [0.4, 0.5) is 0 Å². The van der Waals surface area contributed by atoms with E-state index in [4.69, 9.17) is 23.2 Å². The molecule has 0 spiro atoms. The average Bonchev–Trinajstić information content (AvgIpc) is 3.21. The van der Waals surface area contributed by atoms with Crippen molar-refractivity contribution >= 4 is 47.2 Å². The lowest BCUT2D eigenvalue weighted by Crippen LogP contribution is -2.44. The zero-order valence-corrected chi connectivity index (χ0v) is 20.8. The van der Waals surface area contributed by atoms with Gasteiger partial charge in [0.2, 0.25) is 5.75 Å². The number of thioether (sulfide) groups is 1. The van der Waals surface area contributed by atoms with Crippen molar-refractivity contribution < 1.29 is 14.7 Å². The van der Waals surface area contributed by atoms with Gasteiger partial charge < -0.3 is 14.6 Å². The first-order chi connectivity index (χ1) is 15.8. The lowest BCUT2D eigenvalue weighted by Gasteiger charge is -2.33. The van der Waals surface area contributed by atoms with Crippen molar-refractivity contribution in [2.24, 2.45) is 0 Å². The van der Waals surface area contributed by atoms with Crippen LogP contribution in [0.5, 0.6) is 5.75 Å². The molecular formula is C22H26Cl2N4O4S. The van der Waals surface area contributed by atoms with Crippen LogP contribution >= 0.6 is 35.0 Å². The van der Waals surface area contributed by atoms with E-state index in [1.54, 1.807) is 39.4 Å². The number of hydrogen-bond acceptors (Lipinski definition) is 7. The number of fused-ring (bicyclic) bond motifs is 1. The Morgan fingerprint density at radius 2 is 1.91 bits per heavy atom. The fraction of sp³-hybridized carbons (Fsp3) is 0.455. The largest absolute Gasteiger partial charge is 0.501 e. The number of aromatic nitrogens is 2. The van der Waals surface area contributed by atoms with Crippen molar-refractivity contribution in [3.05, 3.63) is 55.7 Å². The topological polar surface area (TPSA) is 95.7 Å². The molecule has 1 unspecified atom stereocenters. The van der Waals surface area contributed by atoms with Crippen molar-refractivity contribution in [2.75, 3.05) is 38.7 Å². The van der Waals surface area contributed by atoms with Crippen molar-refractivity contribution in [1.29, 1.82) is 0 Å². The Balaban J connectivity index is 0.000000257. The Morgan fingerprint density at radius 3 is 2.45 bits per heavy atom. The summed E-state index contributed by atoms with van der Waals surface area (Å²) in [5, 5.41) is 10.9. The van der Waals surface area contributed by atoms with Crippen LogP contribution in [-0.2, 0) is 6.54 Å². The molecule has 0 aliphatic carbocycles. The Bertz CT molecular complexity index is 1070. The summed E-state index contributed by atoms with van der Waals surface area (Å²) in [6.07, 6.45) is 4.59. The molecule has 0 bridgehead atoms. The summed E-state index contributed by atoms with van der Waals surface area (Å²) < 4.78 is 1.75. The van der Waals surface area contributed by atoms with Crippen LogP contribution < -0.4 is 5.56 Å². The van der Waals surface area contributed by atoms with Gasteiger partial charge in [-0.15, -0.1) is 0 Å². The molecule has 2 aliphatic heterocycles. The molecule has 1 aromatic carbocycles. The van der Waals surface area contributed by atoms with Gasteiger partial charge in [0.05, 0.1) is 21.7 Å². The predicted molar refractivity (Wildman–Crippen MR) is 131 cm³/mol. The van der Waals surface area contributed by atoms with E-state index in [9.17, 15) is 19.5 Å². The van der Waals surface area contributed by atoms with Gasteiger partial charge >= 0.3 is 5.56 Å². The second kappa shape index (κ2) is 11.4. The van der Waals surface area contributed by atoms with E-state index in [0.717, 1.165) is 25.1 Å². The molecule has 1 aromatic heterocycles. The van der Waals surface area contributed by atoms with Crippen molar-refractivity contribution in [2.45, 2.75) is 25.4 Å². The molecule has 11 heteroatoms. The molecule has 2 aromatic rings. The number of carbonyl (C=O) groups is 2. The number of aromatic hydroxyl groups is 1. The number of nitrogens with zero attached hydrogens (tertiary/aromatic N) is 4. The third kappa shape index (κ3) is 5.54. The number of rotatable bonds is 5. The molecule has 1 atom stereocenters. The number of carbonyl (C=O) groups excluding carboxylic acids is 2. The maximum Gasteiger partial charge on any atom is 0.315 e. The van der Waals surface area contributed by atoms with Gasteiger partial charge in [0, 0.05) is 25.4 Å². The van der Waals surface area contributed by atoms with Crippen LogP contribution in [0.1, 0.15) is 45.6 Å². The van der Waals surface area contributed by atoms with Gasteiger partial charge in [0.25, 0.3) is 5.91 Å². The number of benzene rings is 1. The third-order valence-corrected chi connectivity index (χ3v) is 7.02. The second-order valence-corrected chi connectivity index (χ2v) is 9.60. The van der Waals surface area contributed by atoms with Crippen LogP contribution in [0, 0.1) is 0 Å². The van der Waals surface area contributed by atoms with Gasteiger partial charge in [-0.25, -0.2) is 0 Å². The normalized spacial score (nSPS) is 18.0. The van der Waals surface area contributed by atoms with Gasteiger partial charge in [-0.2, -0.15) is 16.7 Å². The number of likely N-dealkylation sites (tertiary alicyclic amines) is 1. The molecule has 2 aliphatic rings. The highest BCUT2D eigenvalue weighted by atomic mass is 35.5. The minimum absolute atomic E-state index is 0.0348. The molecule has 0 saturated carbocycles. The predicted octanol–water partition coefficient (Wildman–Crippen LogP) is 3.34. The highest BCUT2D eigenvalue weighted by Crippen LogP contribution is 2.31. The maximum atomic E-state index is 12.7. The van der Waals surface area contributed by atoms with Gasteiger partial charge in [0.1, 0.15) is 5.82 Å². The second-order valence-electron chi connectivity index (χ2n) is 7.80. The Labute approximate surface area is 206 Å². The summed E-state index contributed by atoms with van der Waals surface area (Å²) >= 11 is 12.9. The average molecular weight is 513 g/mol. The first kappa shape index (κ1) is 25.6. The lowest BCUT2D eigenvalue weighted by molar-refractivity contribution is 0.0702. The highest BCUT2D eigenvalue weighted by Gasteiger charge is 2.34. The van der Waals surface area contributed by atoms with Crippen molar-refractivity contribution in [3.63, 3.8) is 0 Å². The van der Waals surface area contributed by atoms with Crippen LogP contribution in [0.3, 0.4) is 0 Å². The number of hydrogen-bond donors (Lipinski definition) is 1. The number of aldehydes is 1. The first-order valence-electron chi connectivity index (χ1n) is 10.5. The molecule has 1 saturated heterocycles. The van der Waals surface area contributed by atoms with Crippen LogP contribution in [-0.4, -0.2) is 75.3 Å². The monoisotopic (exact) mass is 512 g/mol. The molecule has 1 amide bonds. The summed E-state index contributed by atoms with van der Waals surface area (Å²) in [6.45, 7) is 2.72. The molecule has 0 radical (unpaired) electrons. The van der Waals surface area contributed by atoms with E-state index < -0.39 is 11.3 Å². The fourth-order valence-corrected chi connectivity index (χ4v) is 4.89. The van der Waals surface area contributed by atoms with E-state index in [1.165, 1.54) is 0 Å². The van der Waals surface area contributed by atoms with E-state index in [1.807, 2.05) is 13.3 Å². The lowest BCUT2D eigenvalue weighted by atomic mass is 10.1. The van der Waals surface area contributed by atoms with Crippen molar-refractivity contribution in [1.82, 2.24) is 19.4 Å².